The van der Waals surface area contributed by atoms with Crippen molar-refractivity contribution < 1.29 is 0 Å². The van der Waals surface area contributed by atoms with Crippen LogP contribution < -0.4 is 10.6 Å². The molecule has 1 atom stereocenters. The van der Waals surface area contributed by atoms with Crippen LogP contribution in [0, 0.1) is 11.8 Å². The molecule has 0 saturated carbocycles. The normalized spacial score (nSPS) is 13.6. The van der Waals surface area contributed by atoms with Crippen molar-refractivity contribution in [3.05, 3.63) is 0 Å². The molecule has 0 aromatic carbocycles. The van der Waals surface area contributed by atoms with Crippen molar-refractivity contribution in [2.45, 2.75) is 33.6 Å². The van der Waals surface area contributed by atoms with Gasteiger partial charge in [-0.25, -0.2) is 0 Å². The minimum atomic E-state index is 0.792. The topological polar surface area (TPSA) is 24.1 Å². The summed E-state index contributed by atoms with van der Waals surface area (Å²) in [7, 11) is 2.04. The predicted octanol–water partition coefficient (Wildman–Crippen LogP) is 1.87. The van der Waals surface area contributed by atoms with Crippen LogP contribution in [-0.2, 0) is 0 Å². The second-order valence-corrected chi connectivity index (χ2v) is 3.70. The Hall–Kier alpha value is -0.0800. The summed E-state index contributed by atoms with van der Waals surface area (Å²) < 4.78 is 0. The molecule has 0 heterocycles. The van der Waals surface area contributed by atoms with Crippen molar-refractivity contribution in [3.63, 3.8) is 0 Å². The molecule has 2 N–H and O–H groups in total. The Morgan fingerprint density at radius 3 is 1.92 bits per heavy atom. The molecule has 0 aliphatic carbocycles. The van der Waals surface area contributed by atoms with Crippen molar-refractivity contribution in [1.82, 2.24) is 10.6 Å². The van der Waals surface area contributed by atoms with Crippen LogP contribution in [0.2, 0.25) is 0 Å². The SMILES string of the molecule is CCNCC(CNC)C(CC)CC. The van der Waals surface area contributed by atoms with E-state index < -0.39 is 0 Å². The van der Waals surface area contributed by atoms with E-state index in [2.05, 4.69) is 31.4 Å². The largest absolute Gasteiger partial charge is 0.319 e. The molecule has 0 amide bonds. The van der Waals surface area contributed by atoms with Crippen molar-refractivity contribution in [2.75, 3.05) is 26.7 Å². The Balaban J connectivity index is 3.88. The molecule has 80 valence electrons. The first-order valence-electron chi connectivity index (χ1n) is 5.65. The zero-order valence-electron chi connectivity index (χ0n) is 9.69. The maximum absolute atomic E-state index is 3.44. The lowest BCUT2D eigenvalue weighted by atomic mass is 9.87. The molecule has 0 saturated heterocycles. The van der Waals surface area contributed by atoms with Crippen LogP contribution in [-0.4, -0.2) is 26.7 Å². The van der Waals surface area contributed by atoms with E-state index >= 15 is 0 Å². The van der Waals surface area contributed by atoms with Gasteiger partial charge in [0.2, 0.25) is 0 Å². The molecule has 0 aliphatic rings. The van der Waals surface area contributed by atoms with Gasteiger partial charge < -0.3 is 10.6 Å². The molecule has 0 aromatic rings. The third kappa shape index (κ3) is 5.27. The Labute approximate surface area is 83.5 Å². The van der Waals surface area contributed by atoms with Crippen molar-refractivity contribution in [3.8, 4) is 0 Å². The second kappa shape index (κ2) is 8.52. The fourth-order valence-corrected chi connectivity index (χ4v) is 1.95. The third-order valence-corrected chi connectivity index (χ3v) is 2.84. The third-order valence-electron chi connectivity index (χ3n) is 2.84. The molecule has 2 heteroatoms. The summed E-state index contributed by atoms with van der Waals surface area (Å²) in [5.74, 6) is 1.66. The highest BCUT2D eigenvalue weighted by molar-refractivity contribution is 4.71. The second-order valence-electron chi connectivity index (χ2n) is 3.70. The van der Waals surface area contributed by atoms with E-state index in [4.69, 9.17) is 0 Å². The fraction of sp³-hybridized carbons (Fsp3) is 1.00. The Kier molecular flexibility index (Phi) is 8.46. The van der Waals surface area contributed by atoms with Gasteiger partial charge in [-0.3, -0.25) is 0 Å². The summed E-state index contributed by atoms with van der Waals surface area (Å²) in [5.41, 5.74) is 0. The highest BCUT2D eigenvalue weighted by Crippen LogP contribution is 2.18. The van der Waals surface area contributed by atoms with Crippen LogP contribution >= 0.6 is 0 Å². The van der Waals surface area contributed by atoms with E-state index in [1.54, 1.807) is 0 Å². The van der Waals surface area contributed by atoms with Crippen molar-refractivity contribution in [2.24, 2.45) is 11.8 Å². The molecule has 1 unspecified atom stereocenters. The minimum absolute atomic E-state index is 0.792. The maximum atomic E-state index is 3.44. The molecule has 2 nitrogen and oxygen atoms in total. The van der Waals surface area contributed by atoms with Crippen LogP contribution in [0.5, 0.6) is 0 Å². The van der Waals surface area contributed by atoms with E-state index in [9.17, 15) is 0 Å². The molecule has 0 fully saturated rings. The Morgan fingerprint density at radius 1 is 0.923 bits per heavy atom. The minimum Gasteiger partial charge on any atom is -0.319 e. The quantitative estimate of drug-likeness (QED) is 0.605. The summed E-state index contributed by atoms with van der Waals surface area (Å²) in [5, 5.41) is 6.73. The number of hydrogen-bond donors (Lipinski definition) is 2. The first-order valence-corrected chi connectivity index (χ1v) is 5.65. The summed E-state index contributed by atoms with van der Waals surface area (Å²) in [6, 6.07) is 0. The first-order chi connectivity index (χ1) is 6.29. The summed E-state index contributed by atoms with van der Waals surface area (Å²) in [6.07, 6.45) is 2.60. The van der Waals surface area contributed by atoms with Gasteiger partial charge in [-0.05, 0) is 38.5 Å². The van der Waals surface area contributed by atoms with Gasteiger partial charge in [-0.15, -0.1) is 0 Å². The van der Waals surface area contributed by atoms with Gasteiger partial charge in [0, 0.05) is 0 Å². The van der Waals surface area contributed by atoms with Gasteiger partial charge in [-0.1, -0.05) is 33.6 Å². The van der Waals surface area contributed by atoms with Crippen LogP contribution in [0.15, 0.2) is 0 Å². The monoisotopic (exact) mass is 186 g/mol. The standard InChI is InChI=1S/C11H26N2/c1-5-10(6-2)11(8-12-4)9-13-7-3/h10-13H,5-9H2,1-4H3. The lowest BCUT2D eigenvalue weighted by Gasteiger charge is -2.25. The zero-order chi connectivity index (χ0) is 10.1. The van der Waals surface area contributed by atoms with Crippen molar-refractivity contribution >= 4 is 0 Å². The van der Waals surface area contributed by atoms with Crippen LogP contribution in [0.3, 0.4) is 0 Å². The molecule has 0 spiro atoms. The molecule has 0 aliphatic heterocycles. The predicted molar refractivity (Wildman–Crippen MR) is 60.0 cm³/mol. The molecular weight excluding hydrogens is 160 g/mol. The van der Waals surface area contributed by atoms with E-state index in [0.717, 1.165) is 31.5 Å². The first kappa shape index (κ1) is 12.9. The number of hydrogen-bond acceptors (Lipinski definition) is 2. The van der Waals surface area contributed by atoms with E-state index in [0.29, 0.717) is 0 Å². The fourth-order valence-electron chi connectivity index (χ4n) is 1.95. The van der Waals surface area contributed by atoms with Crippen LogP contribution in [0.25, 0.3) is 0 Å². The molecule has 13 heavy (non-hydrogen) atoms. The highest BCUT2D eigenvalue weighted by atomic mass is 14.9. The molecule has 0 aromatic heterocycles. The number of rotatable bonds is 8. The number of nitrogens with one attached hydrogen (secondary N) is 2. The molecule has 0 rings (SSSR count). The van der Waals surface area contributed by atoms with E-state index in [1.165, 1.54) is 12.8 Å². The Morgan fingerprint density at radius 2 is 1.54 bits per heavy atom. The highest BCUT2D eigenvalue weighted by Gasteiger charge is 2.16. The lowest BCUT2D eigenvalue weighted by molar-refractivity contribution is 0.295. The van der Waals surface area contributed by atoms with Gasteiger partial charge in [0.05, 0.1) is 0 Å². The Bertz CT molecular complexity index is 100. The summed E-state index contributed by atoms with van der Waals surface area (Å²) in [4.78, 5) is 0. The lowest BCUT2D eigenvalue weighted by Crippen LogP contribution is -2.34. The van der Waals surface area contributed by atoms with Gasteiger partial charge in [0.25, 0.3) is 0 Å². The van der Waals surface area contributed by atoms with Gasteiger partial charge in [-0.2, -0.15) is 0 Å². The molecule has 0 bridgehead atoms. The average Bonchev–Trinajstić information content (AvgIpc) is 2.16. The van der Waals surface area contributed by atoms with Crippen LogP contribution in [0.1, 0.15) is 33.6 Å². The summed E-state index contributed by atoms with van der Waals surface area (Å²) >= 11 is 0. The van der Waals surface area contributed by atoms with Crippen molar-refractivity contribution in [1.29, 1.82) is 0 Å². The van der Waals surface area contributed by atoms with Gasteiger partial charge in [0.1, 0.15) is 0 Å². The van der Waals surface area contributed by atoms with Gasteiger partial charge >= 0.3 is 0 Å². The van der Waals surface area contributed by atoms with E-state index in [1.807, 2.05) is 7.05 Å². The van der Waals surface area contributed by atoms with Crippen LogP contribution in [0.4, 0.5) is 0 Å². The zero-order valence-corrected chi connectivity index (χ0v) is 9.69. The average molecular weight is 186 g/mol. The molecule has 0 radical (unpaired) electrons. The van der Waals surface area contributed by atoms with Gasteiger partial charge in [0.15, 0.2) is 0 Å². The maximum Gasteiger partial charge on any atom is -0.000584 e. The summed E-state index contributed by atoms with van der Waals surface area (Å²) in [6.45, 7) is 10.1. The van der Waals surface area contributed by atoms with E-state index in [-0.39, 0.29) is 0 Å². The molecular formula is C11H26N2. The smallest absolute Gasteiger partial charge is 0.000584 e.